The van der Waals surface area contributed by atoms with Crippen molar-refractivity contribution in [3.05, 3.63) is 40.7 Å². The van der Waals surface area contributed by atoms with E-state index in [1.807, 2.05) is 4.90 Å². The smallest absolute Gasteiger partial charge is 0.433 e. The number of halogens is 6. The lowest BCUT2D eigenvalue weighted by molar-refractivity contribution is -0.145. The van der Waals surface area contributed by atoms with Crippen molar-refractivity contribution in [1.82, 2.24) is 14.7 Å². The molecule has 160 valence electrons. The SMILES string of the molecule is COc1cc(CN2CCC[C@H](n3nccc3C(F)(F)F)C2)cc(Cl)c1OC(F)F. The zero-order chi connectivity index (χ0) is 21.2. The van der Waals surface area contributed by atoms with Gasteiger partial charge in [0.25, 0.3) is 0 Å². The Balaban J connectivity index is 1.76. The van der Waals surface area contributed by atoms with Crippen LogP contribution in [0, 0.1) is 0 Å². The highest BCUT2D eigenvalue weighted by Gasteiger charge is 2.37. The van der Waals surface area contributed by atoms with Gasteiger partial charge in [-0.3, -0.25) is 9.58 Å². The first kappa shape index (κ1) is 21.6. The summed E-state index contributed by atoms with van der Waals surface area (Å²) in [6, 6.07) is 3.56. The van der Waals surface area contributed by atoms with Crippen LogP contribution < -0.4 is 9.47 Å². The average molecular weight is 440 g/mol. The van der Waals surface area contributed by atoms with Crippen molar-refractivity contribution in [2.45, 2.75) is 38.2 Å². The fourth-order valence-electron chi connectivity index (χ4n) is 3.53. The molecule has 1 saturated heterocycles. The maximum atomic E-state index is 13.2. The number of hydrogen-bond donors (Lipinski definition) is 0. The lowest BCUT2D eigenvalue weighted by Crippen LogP contribution is -2.37. The molecular formula is C18H19ClF5N3O2. The molecule has 1 fully saturated rings. The van der Waals surface area contributed by atoms with E-state index in [9.17, 15) is 22.0 Å². The highest BCUT2D eigenvalue weighted by Crippen LogP contribution is 2.38. The third-order valence-corrected chi connectivity index (χ3v) is 4.97. The Bertz CT molecular complexity index is 843. The van der Waals surface area contributed by atoms with Crippen LogP contribution in [-0.2, 0) is 12.7 Å². The molecule has 2 aromatic rings. The highest BCUT2D eigenvalue weighted by atomic mass is 35.5. The van der Waals surface area contributed by atoms with Crippen LogP contribution >= 0.6 is 11.6 Å². The summed E-state index contributed by atoms with van der Waals surface area (Å²) in [5, 5.41) is 3.84. The molecule has 0 radical (unpaired) electrons. The average Bonchev–Trinajstić information content (AvgIpc) is 3.14. The van der Waals surface area contributed by atoms with Crippen LogP contribution in [0.2, 0.25) is 5.02 Å². The maximum Gasteiger partial charge on any atom is 0.433 e. The number of methoxy groups -OCH3 is 1. The number of rotatable bonds is 6. The Kier molecular flexibility index (Phi) is 6.52. The van der Waals surface area contributed by atoms with Gasteiger partial charge >= 0.3 is 12.8 Å². The number of likely N-dealkylation sites (tertiary alicyclic amines) is 1. The van der Waals surface area contributed by atoms with Gasteiger partial charge in [0.2, 0.25) is 0 Å². The first-order chi connectivity index (χ1) is 13.7. The van der Waals surface area contributed by atoms with E-state index in [-0.39, 0.29) is 16.5 Å². The number of alkyl halides is 5. The Labute approximate surface area is 168 Å². The summed E-state index contributed by atoms with van der Waals surface area (Å²) in [5.41, 5.74) is -0.104. The van der Waals surface area contributed by atoms with Gasteiger partial charge in [0, 0.05) is 19.3 Å². The van der Waals surface area contributed by atoms with Crippen LogP contribution in [0.3, 0.4) is 0 Å². The lowest BCUT2D eigenvalue weighted by Gasteiger charge is -2.33. The molecule has 1 aromatic carbocycles. The van der Waals surface area contributed by atoms with E-state index in [1.165, 1.54) is 19.2 Å². The topological polar surface area (TPSA) is 39.5 Å². The van der Waals surface area contributed by atoms with Crippen molar-refractivity contribution in [3.8, 4) is 11.5 Å². The molecule has 0 spiro atoms. The molecule has 29 heavy (non-hydrogen) atoms. The summed E-state index contributed by atoms with van der Waals surface area (Å²) in [6.45, 7) is -1.65. The highest BCUT2D eigenvalue weighted by molar-refractivity contribution is 6.32. The molecule has 11 heteroatoms. The largest absolute Gasteiger partial charge is 0.493 e. The Morgan fingerprint density at radius 2 is 2.07 bits per heavy atom. The Morgan fingerprint density at radius 3 is 2.72 bits per heavy atom. The molecule has 1 aliphatic rings. The summed E-state index contributed by atoms with van der Waals surface area (Å²) in [6.07, 6.45) is -2.06. The predicted molar refractivity (Wildman–Crippen MR) is 95.4 cm³/mol. The summed E-state index contributed by atoms with van der Waals surface area (Å²) in [4.78, 5) is 1.97. The molecule has 1 atom stereocenters. The Hall–Kier alpha value is -2.07. The van der Waals surface area contributed by atoms with Crippen LogP contribution in [0.5, 0.6) is 11.5 Å². The number of ether oxygens (including phenoxy) is 2. The maximum absolute atomic E-state index is 13.2. The molecule has 0 N–H and O–H groups in total. The van der Waals surface area contributed by atoms with Crippen LogP contribution in [0.4, 0.5) is 22.0 Å². The van der Waals surface area contributed by atoms with Crippen molar-refractivity contribution in [2.75, 3.05) is 20.2 Å². The lowest BCUT2D eigenvalue weighted by atomic mass is 10.0. The van der Waals surface area contributed by atoms with Crippen molar-refractivity contribution in [3.63, 3.8) is 0 Å². The second kappa shape index (κ2) is 8.74. The number of piperidine rings is 1. The molecular weight excluding hydrogens is 421 g/mol. The van der Waals surface area contributed by atoms with Gasteiger partial charge in [0.05, 0.1) is 18.2 Å². The summed E-state index contributed by atoms with van der Waals surface area (Å²) in [5.74, 6) is -0.191. The third-order valence-electron chi connectivity index (χ3n) is 4.69. The van der Waals surface area contributed by atoms with E-state index in [0.717, 1.165) is 16.9 Å². The minimum Gasteiger partial charge on any atom is -0.493 e. The summed E-state index contributed by atoms with van der Waals surface area (Å²) in [7, 11) is 1.31. The summed E-state index contributed by atoms with van der Waals surface area (Å²) < 4.78 is 75.1. The van der Waals surface area contributed by atoms with E-state index < -0.39 is 24.5 Å². The number of nitrogens with zero attached hydrogens (tertiary/aromatic N) is 3. The minimum absolute atomic E-state index is 0.0281. The van der Waals surface area contributed by atoms with Crippen LogP contribution in [0.1, 0.15) is 30.1 Å². The second-order valence-electron chi connectivity index (χ2n) is 6.68. The van der Waals surface area contributed by atoms with E-state index in [1.54, 1.807) is 0 Å². The monoisotopic (exact) mass is 439 g/mol. The molecule has 0 bridgehead atoms. The molecule has 0 amide bonds. The number of benzene rings is 1. The normalized spacial score (nSPS) is 18.3. The van der Waals surface area contributed by atoms with Gasteiger partial charge in [-0.2, -0.15) is 27.1 Å². The fourth-order valence-corrected chi connectivity index (χ4v) is 3.81. The van der Waals surface area contributed by atoms with E-state index in [2.05, 4.69) is 9.84 Å². The molecule has 0 aliphatic carbocycles. The van der Waals surface area contributed by atoms with Gasteiger partial charge < -0.3 is 9.47 Å². The first-order valence-electron chi connectivity index (χ1n) is 8.83. The van der Waals surface area contributed by atoms with Gasteiger partial charge in [-0.1, -0.05) is 11.6 Å². The third kappa shape index (κ3) is 5.11. The second-order valence-corrected chi connectivity index (χ2v) is 7.08. The van der Waals surface area contributed by atoms with Crippen molar-refractivity contribution >= 4 is 11.6 Å². The van der Waals surface area contributed by atoms with Crippen molar-refractivity contribution in [2.24, 2.45) is 0 Å². The van der Waals surface area contributed by atoms with Gasteiger partial charge in [-0.25, -0.2) is 0 Å². The zero-order valence-corrected chi connectivity index (χ0v) is 16.2. The first-order valence-corrected chi connectivity index (χ1v) is 9.21. The van der Waals surface area contributed by atoms with E-state index in [4.69, 9.17) is 16.3 Å². The van der Waals surface area contributed by atoms with Gasteiger partial charge in [0.1, 0.15) is 5.69 Å². The quantitative estimate of drug-likeness (QED) is 0.594. The van der Waals surface area contributed by atoms with Gasteiger partial charge in [-0.05, 0) is 43.1 Å². The van der Waals surface area contributed by atoms with Gasteiger partial charge in [0.15, 0.2) is 11.5 Å². The molecule has 0 unspecified atom stereocenters. The minimum atomic E-state index is -4.47. The fraction of sp³-hybridized carbons (Fsp3) is 0.500. The van der Waals surface area contributed by atoms with Crippen LogP contribution in [0.25, 0.3) is 0 Å². The number of hydrogen-bond acceptors (Lipinski definition) is 4. The molecule has 3 rings (SSSR count). The molecule has 2 heterocycles. The van der Waals surface area contributed by atoms with E-state index >= 15 is 0 Å². The molecule has 1 aromatic heterocycles. The predicted octanol–water partition coefficient (Wildman–Crippen LogP) is 5.00. The zero-order valence-electron chi connectivity index (χ0n) is 15.4. The molecule has 1 aliphatic heterocycles. The van der Waals surface area contributed by atoms with Crippen molar-refractivity contribution in [1.29, 1.82) is 0 Å². The molecule has 0 saturated carbocycles. The van der Waals surface area contributed by atoms with Crippen LogP contribution in [0.15, 0.2) is 24.4 Å². The molecule has 5 nitrogen and oxygen atoms in total. The van der Waals surface area contributed by atoms with E-state index in [0.29, 0.717) is 38.0 Å². The summed E-state index contributed by atoms with van der Waals surface area (Å²) >= 11 is 6.06. The van der Waals surface area contributed by atoms with Crippen LogP contribution in [-0.4, -0.2) is 41.5 Å². The number of aromatic nitrogens is 2. The Morgan fingerprint density at radius 1 is 1.31 bits per heavy atom. The van der Waals surface area contributed by atoms with Gasteiger partial charge in [-0.15, -0.1) is 0 Å². The standard InChI is InChI=1S/C18H19ClF5N3O2/c1-28-14-8-11(7-13(19)16(14)29-17(20)21)9-26-6-2-3-12(10-26)27-15(4-5-25-27)18(22,23)24/h4-5,7-8,12,17H,2-3,6,9-10H2,1H3/t12-/m0/s1. The van der Waals surface area contributed by atoms with Crippen molar-refractivity contribution < 1.29 is 31.4 Å².